The fourth-order valence-corrected chi connectivity index (χ4v) is 2.55. The summed E-state index contributed by atoms with van der Waals surface area (Å²) < 4.78 is 303. The van der Waals surface area contributed by atoms with Crippen LogP contribution in [0.5, 0.6) is 0 Å². The third-order valence-corrected chi connectivity index (χ3v) is 4.41. The lowest BCUT2D eigenvalue weighted by molar-refractivity contribution is -0.579. The first-order chi connectivity index (χ1) is 16.9. The van der Waals surface area contributed by atoms with Gasteiger partial charge in [0.2, 0.25) is 0 Å². The standard InChI is InChI=1S/C13H4F23IO3/c14-3(1-2-37,7(19,20)21)38-12(33,34)5(17,9(25,26)27)40-13(35,36)6(18,10(28,29)30)39-11(31,32)4(15,16)8(22,23)24/h1-2H2. The molecule has 0 aliphatic rings. The lowest BCUT2D eigenvalue weighted by atomic mass is 10.2. The summed E-state index contributed by atoms with van der Waals surface area (Å²) in [4.78, 5) is 0. The van der Waals surface area contributed by atoms with E-state index in [-0.39, 0.29) is 0 Å². The lowest BCUT2D eigenvalue weighted by Gasteiger charge is -2.42. The number of ether oxygens (including phenoxy) is 3. The predicted molar refractivity (Wildman–Crippen MR) is 82.3 cm³/mol. The van der Waals surface area contributed by atoms with E-state index in [9.17, 15) is 101 Å². The highest BCUT2D eigenvalue weighted by atomic mass is 127. The molecule has 0 spiro atoms. The molecule has 0 saturated carbocycles. The van der Waals surface area contributed by atoms with Crippen molar-refractivity contribution >= 4 is 22.6 Å². The SMILES string of the molecule is FC(F)(F)C(F)(CCI)OC(F)(F)C(F)(OC(F)(F)C(F)(OC(F)(F)C(F)(F)C(F)(F)F)C(F)(F)F)C(F)(F)F. The lowest BCUT2D eigenvalue weighted by Crippen LogP contribution is -2.70. The Morgan fingerprint density at radius 3 is 0.925 bits per heavy atom. The molecular formula is C13H4F23IO3. The second-order valence-electron chi connectivity index (χ2n) is 6.78. The zero-order valence-corrected chi connectivity index (χ0v) is 19.4. The Hall–Kier alpha value is -1.00. The maximum Gasteiger partial charge on any atom is 0.462 e. The summed E-state index contributed by atoms with van der Waals surface area (Å²) >= 11 is 0.671. The Balaban J connectivity index is 7.17. The molecule has 0 aromatic rings. The van der Waals surface area contributed by atoms with Gasteiger partial charge in [0.05, 0.1) is 0 Å². The van der Waals surface area contributed by atoms with Crippen LogP contribution < -0.4 is 0 Å². The summed E-state index contributed by atoms with van der Waals surface area (Å²) in [6.45, 7) is 0. The van der Waals surface area contributed by atoms with Gasteiger partial charge in [-0.2, -0.15) is 96.6 Å². The smallest absolute Gasteiger partial charge is 0.270 e. The quantitative estimate of drug-likeness (QED) is 0.120. The van der Waals surface area contributed by atoms with Crippen molar-refractivity contribution in [1.82, 2.24) is 0 Å². The summed E-state index contributed by atoms with van der Waals surface area (Å²) in [6.07, 6.45) is -58.8. The van der Waals surface area contributed by atoms with Gasteiger partial charge in [-0.05, 0) is 0 Å². The number of hydrogen-bond donors (Lipinski definition) is 0. The Labute approximate surface area is 216 Å². The van der Waals surface area contributed by atoms with Crippen LogP contribution in [0.25, 0.3) is 0 Å². The normalized spacial score (nSPS) is 20.1. The molecule has 3 unspecified atom stereocenters. The minimum atomic E-state index is -8.62. The number of rotatable bonds is 11. The second-order valence-corrected chi connectivity index (χ2v) is 7.86. The molecule has 0 bridgehead atoms. The number of alkyl halides is 24. The fraction of sp³-hybridized carbons (Fsp3) is 1.00. The van der Waals surface area contributed by atoms with Crippen LogP contribution in [0.3, 0.4) is 0 Å². The van der Waals surface area contributed by atoms with Crippen molar-refractivity contribution in [2.75, 3.05) is 4.43 Å². The molecule has 0 saturated heterocycles. The van der Waals surface area contributed by atoms with E-state index in [4.69, 9.17) is 0 Å². The van der Waals surface area contributed by atoms with Crippen LogP contribution >= 0.6 is 22.6 Å². The average Bonchev–Trinajstić information content (AvgIpc) is 2.62. The molecule has 0 aromatic heterocycles. The first kappa shape index (κ1) is 39.0. The van der Waals surface area contributed by atoms with E-state index in [1.165, 1.54) is 4.74 Å². The van der Waals surface area contributed by atoms with Crippen molar-refractivity contribution in [2.24, 2.45) is 0 Å². The van der Waals surface area contributed by atoms with Crippen LogP contribution in [-0.2, 0) is 14.2 Å². The maximum absolute atomic E-state index is 14.2. The zero-order valence-electron chi connectivity index (χ0n) is 17.2. The molecule has 0 fully saturated rings. The van der Waals surface area contributed by atoms with Gasteiger partial charge in [-0.1, -0.05) is 22.6 Å². The Kier molecular flexibility index (Phi) is 10.4. The van der Waals surface area contributed by atoms with Crippen molar-refractivity contribution in [1.29, 1.82) is 0 Å². The molecule has 3 atom stereocenters. The van der Waals surface area contributed by atoms with Gasteiger partial charge in [-0.25, -0.2) is 4.39 Å². The van der Waals surface area contributed by atoms with Crippen molar-refractivity contribution in [3.8, 4) is 0 Å². The summed E-state index contributed by atoms with van der Waals surface area (Å²) in [5.74, 6) is -31.3. The third kappa shape index (κ3) is 6.80. The van der Waals surface area contributed by atoms with Crippen molar-refractivity contribution in [3.05, 3.63) is 0 Å². The van der Waals surface area contributed by atoms with E-state index in [0.29, 0.717) is 22.6 Å². The number of halogens is 24. The molecule has 242 valence electrons. The molecule has 0 aromatic carbocycles. The van der Waals surface area contributed by atoms with E-state index in [2.05, 4.69) is 0 Å². The van der Waals surface area contributed by atoms with Crippen LogP contribution in [0.15, 0.2) is 0 Å². The van der Waals surface area contributed by atoms with E-state index in [1.54, 1.807) is 0 Å². The highest BCUT2D eigenvalue weighted by Crippen LogP contribution is 2.59. The molecule has 40 heavy (non-hydrogen) atoms. The van der Waals surface area contributed by atoms with Gasteiger partial charge in [-0.3, -0.25) is 14.2 Å². The maximum atomic E-state index is 14.2. The molecular weight excluding hydrogens is 768 g/mol. The molecule has 0 rings (SSSR count). The van der Waals surface area contributed by atoms with Crippen LogP contribution in [-0.4, -0.2) is 70.9 Å². The molecule has 0 radical (unpaired) electrons. The van der Waals surface area contributed by atoms with Crippen LogP contribution in [0, 0.1) is 0 Å². The Morgan fingerprint density at radius 1 is 0.375 bits per heavy atom. The van der Waals surface area contributed by atoms with Crippen molar-refractivity contribution in [3.63, 3.8) is 0 Å². The summed E-state index contributed by atoms with van der Waals surface area (Å²) in [7, 11) is 0. The van der Waals surface area contributed by atoms with E-state index in [1.807, 2.05) is 4.74 Å². The minimum absolute atomic E-state index is 0.671. The highest BCUT2D eigenvalue weighted by molar-refractivity contribution is 14.1. The minimum Gasteiger partial charge on any atom is -0.270 e. The molecule has 0 N–H and O–H groups in total. The van der Waals surface area contributed by atoms with Gasteiger partial charge in [0.25, 0.3) is 0 Å². The molecule has 27 heteroatoms. The summed E-state index contributed by atoms with van der Waals surface area (Å²) in [5.41, 5.74) is 0. The second kappa shape index (κ2) is 10.6. The van der Waals surface area contributed by atoms with Gasteiger partial charge >= 0.3 is 66.5 Å². The van der Waals surface area contributed by atoms with Gasteiger partial charge in [-0.15, -0.1) is 0 Å². The van der Waals surface area contributed by atoms with Crippen molar-refractivity contribution < 1.29 is 115 Å². The fourth-order valence-electron chi connectivity index (χ4n) is 1.85. The van der Waals surface area contributed by atoms with E-state index in [0.717, 1.165) is 4.74 Å². The van der Waals surface area contributed by atoms with Crippen LogP contribution in [0.4, 0.5) is 101 Å². The topological polar surface area (TPSA) is 27.7 Å². The van der Waals surface area contributed by atoms with Gasteiger partial charge in [0.15, 0.2) is 0 Å². The predicted octanol–water partition coefficient (Wildman–Crippen LogP) is 8.52. The zero-order chi connectivity index (χ0) is 33.0. The highest BCUT2D eigenvalue weighted by Gasteiger charge is 2.88. The average molecular weight is 772 g/mol. The number of hydrogen-bond acceptors (Lipinski definition) is 3. The largest absolute Gasteiger partial charge is 0.462 e. The van der Waals surface area contributed by atoms with Gasteiger partial charge in [0.1, 0.15) is 0 Å². The molecule has 0 aliphatic carbocycles. The van der Waals surface area contributed by atoms with Crippen LogP contribution in [0.2, 0.25) is 0 Å². The Morgan fingerprint density at radius 2 is 0.675 bits per heavy atom. The third-order valence-electron chi connectivity index (χ3n) is 3.87. The Bertz CT molecular complexity index is 875. The van der Waals surface area contributed by atoms with E-state index >= 15 is 0 Å². The molecule has 3 nitrogen and oxygen atoms in total. The van der Waals surface area contributed by atoms with Gasteiger partial charge in [0, 0.05) is 10.8 Å². The first-order valence-electron chi connectivity index (χ1n) is 8.44. The summed E-state index contributed by atoms with van der Waals surface area (Å²) in [5, 5.41) is 0. The van der Waals surface area contributed by atoms with E-state index < -0.39 is 77.4 Å². The first-order valence-corrected chi connectivity index (χ1v) is 9.97. The molecule has 0 aliphatic heterocycles. The van der Waals surface area contributed by atoms with Gasteiger partial charge < -0.3 is 0 Å². The van der Waals surface area contributed by atoms with Crippen LogP contribution in [0.1, 0.15) is 6.42 Å². The monoisotopic (exact) mass is 772 g/mol. The summed E-state index contributed by atoms with van der Waals surface area (Å²) in [6, 6.07) is 0. The molecule has 0 amide bonds. The molecule has 0 heterocycles. The van der Waals surface area contributed by atoms with Crippen molar-refractivity contribution in [2.45, 2.75) is 72.9 Å².